The molecule has 0 atom stereocenters. The highest BCUT2D eigenvalue weighted by molar-refractivity contribution is 5.90. The number of nitrogens with two attached hydrogens (primary N) is 1. The normalized spacial score (nSPS) is 9.95. The summed E-state index contributed by atoms with van der Waals surface area (Å²) in [5.74, 6) is 0.726. The van der Waals surface area contributed by atoms with Crippen LogP contribution in [0.25, 0.3) is 0 Å². The Labute approximate surface area is 110 Å². The molecule has 98 valence electrons. The molecule has 19 heavy (non-hydrogen) atoms. The molecule has 0 aliphatic carbocycles. The lowest BCUT2D eigenvalue weighted by molar-refractivity contribution is -0.118. The third kappa shape index (κ3) is 4.04. The van der Waals surface area contributed by atoms with Gasteiger partial charge in [-0.15, -0.1) is 5.10 Å². The van der Waals surface area contributed by atoms with E-state index in [0.717, 1.165) is 5.56 Å². The number of nitrogens with one attached hydrogen (secondary N) is 1. The van der Waals surface area contributed by atoms with Crippen molar-refractivity contribution in [2.45, 2.75) is 6.54 Å². The first-order chi connectivity index (χ1) is 9.28. The second-order valence-electron chi connectivity index (χ2n) is 3.79. The molecule has 0 aliphatic rings. The van der Waals surface area contributed by atoms with Crippen molar-refractivity contribution in [3.63, 3.8) is 0 Å². The van der Waals surface area contributed by atoms with E-state index in [-0.39, 0.29) is 12.5 Å². The van der Waals surface area contributed by atoms with Gasteiger partial charge in [0.2, 0.25) is 0 Å². The number of hydrogen-bond acceptors (Lipinski definition) is 5. The Morgan fingerprint density at radius 3 is 2.68 bits per heavy atom. The Balaban J connectivity index is 1.83. The summed E-state index contributed by atoms with van der Waals surface area (Å²) in [5, 5.41) is 9.98. The molecule has 1 heterocycles. The van der Waals surface area contributed by atoms with Crippen LogP contribution in [0.3, 0.4) is 0 Å². The molecule has 6 heteroatoms. The second kappa shape index (κ2) is 6.46. The summed E-state index contributed by atoms with van der Waals surface area (Å²) in [6, 6.07) is 10.6. The fraction of sp³-hybridized carbons (Fsp3) is 0.154. The topological polar surface area (TPSA) is 90.1 Å². The molecule has 0 saturated heterocycles. The van der Waals surface area contributed by atoms with E-state index in [1.54, 1.807) is 24.3 Å². The van der Waals surface area contributed by atoms with Crippen molar-refractivity contribution in [3.8, 4) is 5.75 Å². The molecule has 6 nitrogen and oxygen atoms in total. The van der Waals surface area contributed by atoms with Crippen molar-refractivity contribution in [1.82, 2.24) is 10.2 Å². The Morgan fingerprint density at radius 2 is 2.05 bits per heavy atom. The zero-order chi connectivity index (χ0) is 13.5. The molecule has 1 amide bonds. The van der Waals surface area contributed by atoms with Crippen LogP contribution >= 0.6 is 0 Å². The summed E-state index contributed by atoms with van der Waals surface area (Å²) in [6.07, 6.45) is 1.53. The van der Waals surface area contributed by atoms with E-state index in [1.165, 1.54) is 6.20 Å². The minimum Gasteiger partial charge on any atom is -0.484 e. The number of hydrogen-bond donors (Lipinski definition) is 2. The number of rotatable bonds is 5. The maximum absolute atomic E-state index is 11.6. The van der Waals surface area contributed by atoms with Gasteiger partial charge in [0.05, 0.1) is 0 Å². The highest BCUT2D eigenvalue weighted by Crippen LogP contribution is 2.11. The lowest BCUT2D eigenvalue weighted by Gasteiger charge is -2.07. The summed E-state index contributed by atoms with van der Waals surface area (Å²) in [6.45, 7) is 0.395. The molecule has 0 fully saturated rings. The Bertz CT molecular complexity index is 528. The molecular weight excluding hydrogens is 244 g/mol. The zero-order valence-corrected chi connectivity index (χ0v) is 10.2. The van der Waals surface area contributed by atoms with Gasteiger partial charge in [0.15, 0.2) is 12.4 Å². The SMILES string of the molecule is NCc1ccc(OCC(=O)Nc2cccnn2)cc1. The van der Waals surface area contributed by atoms with E-state index < -0.39 is 0 Å². The van der Waals surface area contributed by atoms with E-state index in [1.807, 2.05) is 12.1 Å². The third-order valence-electron chi connectivity index (χ3n) is 2.37. The van der Waals surface area contributed by atoms with Gasteiger partial charge < -0.3 is 15.8 Å². The minimum absolute atomic E-state index is 0.0848. The second-order valence-corrected chi connectivity index (χ2v) is 3.79. The minimum atomic E-state index is -0.289. The largest absolute Gasteiger partial charge is 0.484 e. The zero-order valence-electron chi connectivity index (χ0n) is 10.2. The van der Waals surface area contributed by atoms with Gasteiger partial charge in [-0.2, -0.15) is 5.10 Å². The fourth-order valence-electron chi connectivity index (χ4n) is 1.42. The monoisotopic (exact) mass is 258 g/mol. The molecule has 0 spiro atoms. The van der Waals surface area contributed by atoms with E-state index in [2.05, 4.69) is 15.5 Å². The first-order valence-corrected chi connectivity index (χ1v) is 5.77. The van der Waals surface area contributed by atoms with Crippen LogP contribution in [-0.2, 0) is 11.3 Å². The highest BCUT2D eigenvalue weighted by Gasteiger charge is 2.04. The maximum Gasteiger partial charge on any atom is 0.263 e. The first kappa shape index (κ1) is 13.0. The van der Waals surface area contributed by atoms with Gasteiger partial charge in [-0.25, -0.2) is 0 Å². The van der Waals surface area contributed by atoms with Gasteiger partial charge >= 0.3 is 0 Å². The Morgan fingerprint density at radius 1 is 1.26 bits per heavy atom. The summed E-state index contributed by atoms with van der Waals surface area (Å²) >= 11 is 0. The standard InChI is InChI=1S/C13H14N4O2/c14-8-10-3-5-11(6-4-10)19-9-13(18)16-12-2-1-7-15-17-12/h1-7H,8-9,14H2,(H,16,17,18). The van der Waals surface area contributed by atoms with Gasteiger partial charge in [-0.1, -0.05) is 12.1 Å². The molecule has 2 aromatic rings. The average Bonchev–Trinajstić information content (AvgIpc) is 2.47. The number of amides is 1. The number of benzene rings is 1. The van der Waals surface area contributed by atoms with Crippen molar-refractivity contribution < 1.29 is 9.53 Å². The van der Waals surface area contributed by atoms with Crippen molar-refractivity contribution in [2.24, 2.45) is 5.73 Å². The summed E-state index contributed by atoms with van der Waals surface area (Å²) in [5.41, 5.74) is 6.50. The third-order valence-corrected chi connectivity index (χ3v) is 2.37. The molecule has 0 unspecified atom stereocenters. The van der Waals surface area contributed by atoms with Crippen molar-refractivity contribution >= 4 is 11.7 Å². The Hall–Kier alpha value is -2.47. The molecule has 2 rings (SSSR count). The maximum atomic E-state index is 11.6. The smallest absolute Gasteiger partial charge is 0.263 e. The molecule has 0 aliphatic heterocycles. The number of ether oxygens (including phenoxy) is 1. The van der Waals surface area contributed by atoms with Crippen LogP contribution in [0.4, 0.5) is 5.82 Å². The number of aromatic nitrogens is 2. The Kier molecular flexibility index (Phi) is 4.41. The molecular formula is C13H14N4O2. The molecule has 1 aromatic carbocycles. The molecule has 0 bridgehead atoms. The van der Waals surface area contributed by atoms with Crippen molar-refractivity contribution in [3.05, 3.63) is 48.2 Å². The lowest BCUT2D eigenvalue weighted by Crippen LogP contribution is -2.20. The number of carbonyl (C=O) groups is 1. The quantitative estimate of drug-likeness (QED) is 0.833. The van der Waals surface area contributed by atoms with Crippen LogP contribution in [0.1, 0.15) is 5.56 Å². The molecule has 0 radical (unpaired) electrons. The van der Waals surface area contributed by atoms with Crippen LogP contribution in [-0.4, -0.2) is 22.7 Å². The summed E-state index contributed by atoms with van der Waals surface area (Å²) < 4.78 is 5.34. The fourth-order valence-corrected chi connectivity index (χ4v) is 1.42. The van der Waals surface area contributed by atoms with Gasteiger partial charge in [0.1, 0.15) is 5.75 Å². The lowest BCUT2D eigenvalue weighted by atomic mass is 10.2. The van der Waals surface area contributed by atoms with Gasteiger partial charge in [-0.3, -0.25) is 4.79 Å². The van der Waals surface area contributed by atoms with E-state index >= 15 is 0 Å². The van der Waals surface area contributed by atoms with Crippen LogP contribution in [0.2, 0.25) is 0 Å². The first-order valence-electron chi connectivity index (χ1n) is 5.77. The average molecular weight is 258 g/mol. The molecule has 1 aromatic heterocycles. The highest BCUT2D eigenvalue weighted by atomic mass is 16.5. The van der Waals surface area contributed by atoms with Crippen LogP contribution in [0.5, 0.6) is 5.75 Å². The van der Waals surface area contributed by atoms with E-state index in [0.29, 0.717) is 18.1 Å². The summed E-state index contributed by atoms with van der Waals surface area (Å²) in [7, 11) is 0. The van der Waals surface area contributed by atoms with Crippen LogP contribution < -0.4 is 15.8 Å². The predicted octanol–water partition coefficient (Wildman–Crippen LogP) is 0.953. The van der Waals surface area contributed by atoms with Crippen LogP contribution in [0, 0.1) is 0 Å². The van der Waals surface area contributed by atoms with Crippen molar-refractivity contribution in [1.29, 1.82) is 0 Å². The molecule has 3 N–H and O–H groups in total. The van der Waals surface area contributed by atoms with Crippen molar-refractivity contribution in [2.75, 3.05) is 11.9 Å². The van der Waals surface area contributed by atoms with Gasteiger partial charge in [0, 0.05) is 12.7 Å². The number of carbonyl (C=O) groups excluding carboxylic acids is 1. The van der Waals surface area contributed by atoms with Crippen LogP contribution in [0.15, 0.2) is 42.6 Å². The van der Waals surface area contributed by atoms with Gasteiger partial charge in [0.25, 0.3) is 5.91 Å². The summed E-state index contributed by atoms with van der Waals surface area (Å²) in [4.78, 5) is 11.6. The van der Waals surface area contributed by atoms with E-state index in [9.17, 15) is 4.79 Å². The van der Waals surface area contributed by atoms with Gasteiger partial charge in [-0.05, 0) is 29.8 Å². The van der Waals surface area contributed by atoms with E-state index in [4.69, 9.17) is 10.5 Å². The number of nitrogens with zero attached hydrogens (tertiary/aromatic N) is 2. The number of anilines is 1. The predicted molar refractivity (Wildman–Crippen MR) is 70.5 cm³/mol. The molecule has 0 saturated carbocycles.